The number of aromatic nitrogens is 1. The summed E-state index contributed by atoms with van der Waals surface area (Å²) < 4.78 is 5.11. The molecule has 3 aromatic carbocycles. The van der Waals surface area contributed by atoms with Crippen molar-refractivity contribution in [1.29, 1.82) is 0 Å². The smallest absolute Gasteiger partial charge is 0.323 e. The van der Waals surface area contributed by atoms with Gasteiger partial charge >= 0.3 is 5.97 Å². The number of ether oxygens (including phenoxy) is 1. The molecule has 0 bridgehead atoms. The fourth-order valence-corrected chi connectivity index (χ4v) is 6.86. The van der Waals surface area contributed by atoms with Crippen LogP contribution in [0.25, 0.3) is 21.7 Å². The van der Waals surface area contributed by atoms with Gasteiger partial charge in [-0.3, -0.25) is 10.1 Å². The van der Waals surface area contributed by atoms with Crippen molar-refractivity contribution in [2.24, 2.45) is 0 Å². The number of hydrogen-bond donors (Lipinski definition) is 4. The van der Waals surface area contributed by atoms with Gasteiger partial charge in [0.25, 0.3) is 0 Å². The van der Waals surface area contributed by atoms with Crippen LogP contribution in [0.15, 0.2) is 66.9 Å². The number of rotatable bonds is 6. The molecule has 2 heterocycles. The molecule has 1 aliphatic heterocycles. The van der Waals surface area contributed by atoms with E-state index in [-0.39, 0.29) is 5.97 Å². The number of benzene rings is 3. The van der Waals surface area contributed by atoms with Gasteiger partial charge in [0, 0.05) is 65.2 Å². The lowest BCUT2D eigenvalue weighted by molar-refractivity contribution is -0.142. The van der Waals surface area contributed by atoms with Crippen molar-refractivity contribution < 1.29 is 9.53 Å². The molecule has 0 spiro atoms. The number of carbonyl (C=O) groups excluding carboxylic acids is 1. The van der Waals surface area contributed by atoms with E-state index in [1.807, 2.05) is 24.4 Å². The van der Waals surface area contributed by atoms with Gasteiger partial charge in [-0.1, -0.05) is 54.3 Å². The first-order valence-corrected chi connectivity index (χ1v) is 14.3. The number of methoxy groups -OCH3 is 1. The molecule has 4 N–H and O–H groups in total. The fraction of sp³-hybridized carbons (Fsp3) is 0.240. The maximum Gasteiger partial charge on any atom is 0.323 e. The summed E-state index contributed by atoms with van der Waals surface area (Å²) in [5.41, 5.74) is 4.32. The Labute approximate surface area is 198 Å². The lowest BCUT2D eigenvalue weighted by Gasteiger charge is -2.29. The third-order valence-corrected chi connectivity index (χ3v) is 9.62. The van der Waals surface area contributed by atoms with Crippen LogP contribution in [0.1, 0.15) is 5.56 Å². The monoisotopic (exact) mass is 478 g/mol. The van der Waals surface area contributed by atoms with Crippen LogP contribution < -0.4 is 16.0 Å². The molecule has 8 heteroatoms. The minimum atomic E-state index is -1.90. The van der Waals surface area contributed by atoms with Crippen LogP contribution >= 0.6 is 6.04 Å². The predicted octanol–water partition coefficient (Wildman–Crippen LogP) is 4.88. The Morgan fingerprint density at radius 2 is 1.76 bits per heavy atom. The van der Waals surface area contributed by atoms with Gasteiger partial charge in [0.15, 0.2) is 0 Å². The Morgan fingerprint density at radius 1 is 1.06 bits per heavy atom. The van der Waals surface area contributed by atoms with Crippen molar-refractivity contribution in [3.63, 3.8) is 0 Å². The molecule has 1 aliphatic rings. The van der Waals surface area contributed by atoms with Crippen molar-refractivity contribution in [1.82, 2.24) is 10.3 Å². The van der Waals surface area contributed by atoms with Crippen molar-refractivity contribution in [2.75, 3.05) is 36.6 Å². The molecule has 0 radical (unpaired) electrons. The van der Waals surface area contributed by atoms with Crippen LogP contribution in [-0.2, 0) is 27.8 Å². The Bertz CT molecular complexity index is 1320. The first kappa shape index (κ1) is 22.0. The topological polar surface area (TPSA) is 78.2 Å². The number of aromatic amines is 1. The number of nitrogens with one attached hydrogen (secondary N) is 4. The van der Waals surface area contributed by atoms with Crippen LogP contribution in [0.3, 0.4) is 0 Å². The van der Waals surface area contributed by atoms with E-state index in [1.165, 1.54) is 17.9 Å². The molecule has 6 nitrogen and oxygen atoms in total. The minimum absolute atomic E-state index is 0.273. The molecular weight excluding hydrogens is 451 g/mol. The van der Waals surface area contributed by atoms with E-state index in [0.717, 1.165) is 27.8 Å². The molecule has 5 rings (SSSR count). The van der Waals surface area contributed by atoms with Crippen LogP contribution in [0.4, 0.5) is 11.4 Å². The van der Waals surface area contributed by atoms with Gasteiger partial charge in [-0.2, -0.15) is 0 Å². The van der Waals surface area contributed by atoms with Crippen LogP contribution in [0, 0.1) is 0 Å². The lowest BCUT2D eigenvalue weighted by Crippen LogP contribution is -2.40. The highest BCUT2D eigenvalue weighted by atomic mass is 32.4. The Balaban J connectivity index is 1.34. The molecule has 33 heavy (non-hydrogen) atoms. The number of carbonyl (C=O) groups is 1. The fourth-order valence-electron chi connectivity index (χ4n) is 4.44. The highest BCUT2D eigenvalue weighted by molar-refractivity contribution is 8.14. The number of para-hydroxylation sites is 1. The second-order valence-electron chi connectivity index (χ2n) is 8.44. The molecule has 0 aliphatic carbocycles. The zero-order chi connectivity index (χ0) is 22.8. The van der Waals surface area contributed by atoms with Gasteiger partial charge < -0.3 is 20.4 Å². The van der Waals surface area contributed by atoms with Crippen molar-refractivity contribution in [2.45, 2.75) is 12.5 Å². The zero-order valence-corrected chi connectivity index (χ0v) is 20.1. The van der Waals surface area contributed by atoms with Gasteiger partial charge in [-0.05, 0) is 29.1 Å². The van der Waals surface area contributed by atoms with Crippen LogP contribution in [0.2, 0.25) is 0 Å². The predicted molar refractivity (Wildman–Crippen MR) is 141 cm³/mol. The number of H-pyrrole nitrogens is 1. The first-order chi connectivity index (χ1) is 16.1. The molecule has 0 unspecified atom stereocenters. The average Bonchev–Trinajstić information content (AvgIpc) is 3.25. The minimum Gasteiger partial charge on any atom is -0.468 e. The molecule has 170 valence electrons. The lowest BCUT2D eigenvalue weighted by atomic mass is 10.1. The second-order valence-corrected chi connectivity index (χ2v) is 13.8. The average molecular weight is 479 g/mol. The first-order valence-electron chi connectivity index (χ1n) is 11.0. The van der Waals surface area contributed by atoms with E-state index in [9.17, 15) is 4.79 Å². The summed E-state index contributed by atoms with van der Waals surface area (Å²) in [5.74, 6) is -0.273. The number of fused-ring (bicyclic) bond motifs is 1. The third kappa shape index (κ3) is 4.49. The summed E-state index contributed by atoms with van der Waals surface area (Å²) in [5, 5.41) is 14.2. The van der Waals surface area contributed by atoms with E-state index in [4.69, 9.17) is 16.5 Å². The van der Waals surface area contributed by atoms with Crippen molar-refractivity contribution in [3.8, 4) is 0 Å². The SMILES string of the molecule is COC(=O)[C@H](Cc1c[nH]c2ccccc12)NCP1(=S)CNc2cccc3cccc(c23)NC1. The Kier molecular flexibility index (Phi) is 6.11. The molecule has 4 aromatic rings. The Hall–Kier alpha value is -2.86. The van der Waals surface area contributed by atoms with Crippen LogP contribution in [-0.4, -0.2) is 43.0 Å². The van der Waals surface area contributed by atoms with E-state index < -0.39 is 12.1 Å². The summed E-state index contributed by atoms with van der Waals surface area (Å²) in [6.45, 7) is 0. The standard InChI is InChI=1S/C25H27N4O2PS/c1-31-25(30)23(12-18-13-26-20-9-3-2-8-19(18)20)29-16-32(33)14-27-21-10-4-6-17-7-5-11-22(24(17)21)28-15-32/h2-11,13,23,26-29H,12,14-16H2,1H3/t23-/m0/s1. The summed E-state index contributed by atoms with van der Waals surface area (Å²) >= 11 is 6.17. The van der Waals surface area contributed by atoms with Gasteiger partial charge in [-0.25, -0.2) is 0 Å². The molecule has 0 amide bonds. The maximum absolute atomic E-state index is 12.6. The largest absolute Gasteiger partial charge is 0.468 e. The molecule has 1 aromatic heterocycles. The van der Waals surface area contributed by atoms with Gasteiger partial charge in [0.1, 0.15) is 6.04 Å². The van der Waals surface area contributed by atoms with Crippen LogP contribution in [0.5, 0.6) is 0 Å². The normalized spacial score (nSPS) is 15.8. The zero-order valence-electron chi connectivity index (χ0n) is 18.4. The number of anilines is 2. The van der Waals surface area contributed by atoms with Crippen molar-refractivity contribution in [3.05, 3.63) is 72.4 Å². The summed E-state index contributed by atoms with van der Waals surface area (Å²) in [4.78, 5) is 15.9. The number of esters is 1. The van der Waals surface area contributed by atoms with Crippen molar-refractivity contribution >= 4 is 56.9 Å². The van der Waals surface area contributed by atoms with E-state index >= 15 is 0 Å². The molecule has 0 saturated heterocycles. The third-order valence-electron chi connectivity index (χ3n) is 6.23. The highest BCUT2D eigenvalue weighted by Gasteiger charge is 2.26. The molecule has 0 fully saturated rings. The Morgan fingerprint density at radius 3 is 2.45 bits per heavy atom. The van der Waals surface area contributed by atoms with Gasteiger partial charge in [-0.15, -0.1) is 0 Å². The summed E-state index contributed by atoms with van der Waals surface area (Å²) in [6.07, 6.45) is 4.50. The molecule has 1 atom stereocenters. The summed E-state index contributed by atoms with van der Waals surface area (Å²) in [6, 6.07) is 18.3. The number of hydrogen-bond acceptors (Lipinski definition) is 6. The summed E-state index contributed by atoms with van der Waals surface area (Å²) in [7, 11) is 1.43. The maximum atomic E-state index is 12.6. The van der Waals surface area contributed by atoms with Gasteiger partial charge in [0.2, 0.25) is 0 Å². The second kappa shape index (κ2) is 9.18. The van der Waals surface area contributed by atoms with E-state index in [2.05, 4.69) is 63.4 Å². The van der Waals surface area contributed by atoms with Gasteiger partial charge in [0.05, 0.1) is 7.11 Å². The molecule has 0 saturated carbocycles. The highest BCUT2D eigenvalue weighted by Crippen LogP contribution is 2.47. The van der Waals surface area contributed by atoms with E-state index in [0.29, 0.717) is 25.3 Å². The van der Waals surface area contributed by atoms with E-state index in [1.54, 1.807) is 0 Å². The quantitative estimate of drug-likeness (QED) is 0.234. The molecular formula is C25H27N4O2PS.